The van der Waals surface area contributed by atoms with E-state index in [0.29, 0.717) is 0 Å². The van der Waals surface area contributed by atoms with Gasteiger partial charge >= 0.3 is 0 Å². The second-order valence-electron chi connectivity index (χ2n) is 15.8. The molecule has 60 heavy (non-hydrogen) atoms. The Bertz CT molecular complexity index is 3960. The van der Waals surface area contributed by atoms with Crippen LogP contribution in [0.4, 0.5) is 0 Å². The normalized spacial score (nSPS) is 12.0. The molecule has 4 heteroatoms. The Kier molecular flexibility index (Phi) is 7.18. The fraction of sp³-hybridized carbons (Fsp3) is 0. The van der Waals surface area contributed by atoms with E-state index in [1.807, 2.05) is 11.3 Å². The third-order valence-corrected chi connectivity index (χ3v) is 13.6. The highest BCUT2D eigenvalue weighted by Gasteiger charge is 2.17. The molecule has 3 aromatic heterocycles. The van der Waals surface area contributed by atoms with Crippen LogP contribution in [-0.2, 0) is 0 Å². The first-order chi connectivity index (χ1) is 29.7. The number of rotatable bonds is 3. The zero-order valence-corrected chi connectivity index (χ0v) is 33.3. The molecule has 8 bridgehead atoms. The number of hydrogen-bond acceptors (Lipinski definition) is 1. The van der Waals surface area contributed by atoms with Crippen molar-refractivity contribution in [3.8, 4) is 17.1 Å². The fourth-order valence-corrected chi connectivity index (χ4v) is 10.8. The second-order valence-corrected chi connectivity index (χ2v) is 16.9. The number of para-hydroxylation sites is 1. The summed E-state index contributed by atoms with van der Waals surface area (Å²) in [6.07, 6.45) is 0. The van der Waals surface area contributed by atoms with Gasteiger partial charge in [0.25, 0.3) is 0 Å². The largest absolute Gasteiger partial charge is 0.310 e. The van der Waals surface area contributed by atoms with Crippen molar-refractivity contribution in [1.82, 2.24) is 13.7 Å². The number of fused-ring (bicyclic) bond motifs is 12. The molecule has 3 heterocycles. The first-order valence-electron chi connectivity index (χ1n) is 20.5. The topological polar surface area (TPSA) is 14.8 Å². The van der Waals surface area contributed by atoms with E-state index in [2.05, 4.69) is 226 Å². The summed E-state index contributed by atoms with van der Waals surface area (Å²) < 4.78 is 9.89. The standard InChI is InChI=1S/C56H35N3S/c1-3-19-45-36(11-1)13-9-23-51(45)58-41-18-8-16-39(32-41)38-15-7-17-40(31-38)57(42-26-29-55-49(33-42)50-34-43(58)27-30-56(50)60-55)44-25-28-48-47-21-5-6-22-53(47)59(54(48)35-44)52-24-10-14-37-12-2-4-20-46(37)52/h1-35H. The van der Waals surface area contributed by atoms with Crippen LogP contribution >= 0.6 is 11.3 Å². The summed E-state index contributed by atoms with van der Waals surface area (Å²) in [5.41, 5.74) is 10.3. The van der Waals surface area contributed by atoms with Gasteiger partial charge in [0.1, 0.15) is 0 Å². The minimum Gasteiger partial charge on any atom is -0.310 e. The maximum atomic E-state index is 2.46. The van der Waals surface area contributed by atoms with Gasteiger partial charge in [-0.05, 0) is 113 Å². The molecule has 0 amide bonds. The lowest BCUT2D eigenvalue weighted by Crippen LogP contribution is -1.99. The molecular weight excluding hydrogens is 747 g/mol. The lowest BCUT2D eigenvalue weighted by Gasteiger charge is -2.15. The molecule has 0 atom stereocenters. The molecule has 0 saturated heterocycles. The van der Waals surface area contributed by atoms with Gasteiger partial charge in [0.2, 0.25) is 0 Å². The summed E-state index contributed by atoms with van der Waals surface area (Å²) in [5, 5.41) is 12.2. The van der Waals surface area contributed by atoms with E-state index in [4.69, 9.17) is 0 Å². The van der Waals surface area contributed by atoms with Gasteiger partial charge in [-0.3, -0.25) is 0 Å². The average molecular weight is 782 g/mol. The van der Waals surface area contributed by atoms with Crippen LogP contribution in [0.15, 0.2) is 212 Å². The molecule has 0 spiro atoms. The van der Waals surface area contributed by atoms with Crippen molar-refractivity contribution >= 4 is 108 Å². The molecule has 10 aromatic carbocycles. The van der Waals surface area contributed by atoms with Gasteiger partial charge in [0.15, 0.2) is 0 Å². The molecular formula is C56H35N3S. The maximum absolute atomic E-state index is 2.46. The zero-order valence-electron chi connectivity index (χ0n) is 32.5. The van der Waals surface area contributed by atoms with Gasteiger partial charge in [-0.2, -0.15) is 0 Å². The minimum absolute atomic E-state index is 1.10. The summed E-state index contributed by atoms with van der Waals surface area (Å²) in [6, 6.07) is 78.6. The third-order valence-electron chi connectivity index (χ3n) is 12.4. The van der Waals surface area contributed by atoms with Crippen molar-refractivity contribution in [2.75, 3.05) is 0 Å². The quantitative estimate of drug-likeness (QED) is 0.170. The molecule has 0 radical (unpaired) electrons. The van der Waals surface area contributed by atoms with E-state index in [9.17, 15) is 0 Å². The molecule has 0 N–H and O–H groups in total. The third kappa shape index (κ3) is 5.01. The van der Waals surface area contributed by atoms with E-state index in [-0.39, 0.29) is 0 Å². The number of nitrogens with zero attached hydrogens (tertiary/aromatic N) is 3. The summed E-state index contributed by atoms with van der Waals surface area (Å²) >= 11 is 1.86. The van der Waals surface area contributed by atoms with Crippen LogP contribution < -0.4 is 0 Å². The van der Waals surface area contributed by atoms with E-state index >= 15 is 0 Å². The highest BCUT2D eigenvalue weighted by molar-refractivity contribution is 7.25. The molecule has 0 aliphatic rings. The molecule has 0 fully saturated rings. The van der Waals surface area contributed by atoms with Crippen LogP contribution in [0.5, 0.6) is 0 Å². The Balaban J connectivity index is 1.16. The van der Waals surface area contributed by atoms with E-state index < -0.39 is 0 Å². The monoisotopic (exact) mass is 781 g/mol. The average Bonchev–Trinajstić information content (AvgIpc) is 3.84. The van der Waals surface area contributed by atoms with Crippen molar-refractivity contribution in [3.05, 3.63) is 212 Å². The molecule has 13 aromatic rings. The first-order valence-corrected chi connectivity index (χ1v) is 21.3. The van der Waals surface area contributed by atoms with Crippen LogP contribution in [-0.4, -0.2) is 13.7 Å². The van der Waals surface area contributed by atoms with Crippen LogP contribution in [0.2, 0.25) is 0 Å². The van der Waals surface area contributed by atoms with Crippen molar-refractivity contribution in [2.45, 2.75) is 0 Å². The van der Waals surface area contributed by atoms with Crippen LogP contribution in [0.3, 0.4) is 0 Å². The number of benzene rings is 10. The predicted molar refractivity (Wildman–Crippen MR) is 257 cm³/mol. The SMILES string of the molecule is c1ccc2c(-n3c4cccc(c4)c4cccc(c4)n(-c4ccc5c6ccccc6n(-c6cccc7ccccc67)c5c4)c4ccc5sc6ccc3cc6c5c4)cccc2c1. The first kappa shape index (κ1) is 33.3. The lowest BCUT2D eigenvalue weighted by molar-refractivity contribution is 1.15. The van der Waals surface area contributed by atoms with Crippen molar-refractivity contribution in [2.24, 2.45) is 0 Å². The van der Waals surface area contributed by atoms with Crippen LogP contribution in [0.1, 0.15) is 0 Å². The Labute approximate surface area is 349 Å². The van der Waals surface area contributed by atoms with Gasteiger partial charge in [0.05, 0.1) is 22.4 Å². The van der Waals surface area contributed by atoms with Gasteiger partial charge < -0.3 is 13.7 Å². The Morgan fingerprint density at radius 2 is 0.750 bits per heavy atom. The highest BCUT2D eigenvalue weighted by atomic mass is 32.1. The van der Waals surface area contributed by atoms with Crippen LogP contribution in [0, 0.1) is 0 Å². The van der Waals surface area contributed by atoms with Crippen molar-refractivity contribution in [3.63, 3.8) is 0 Å². The predicted octanol–water partition coefficient (Wildman–Crippen LogP) is 15.6. The van der Waals surface area contributed by atoms with Crippen molar-refractivity contribution < 1.29 is 0 Å². The van der Waals surface area contributed by atoms with Gasteiger partial charge in [0, 0.05) is 69.5 Å². The molecule has 0 aliphatic heterocycles. The van der Waals surface area contributed by atoms with Gasteiger partial charge in [-0.15, -0.1) is 11.3 Å². The molecule has 280 valence electrons. The summed E-state index contributed by atoms with van der Waals surface area (Å²) in [4.78, 5) is 0. The van der Waals surface area contributed by atoms with Gasteiger partial charge in [-0.25, -0.2) is 0 Å². The Hall–Kier alpha value is -7.66. The van der Waals surface area contributed by atoms with Gasteiger partial charge in [-0.1, -0.05) is 121 Å². The number of aromatic nitrogens is 3. The molecule has 13 rings (SSSR count). The molecule has 0 aliphatic carbocycles. The highest BCUT2D eigenvalue weighted by Crippen LogP contribution is 2.39. The summed E-state index contributed by atoms with van der Waals surface area (Å²) in [5.74, 6) is 0. The van der Waals surface area contributed by atoms with E-state index in [1.54, 1.807) is 0 Å². The Morgan fingerprint density at radius 1 is 0.267 bits per heavy atom. The Morgan fingerprint density at radius 3 is 1.42 bits per heavy atom. The summed E-state index contributed by atoms with van der Waals surface area (Å²) in [6.45, 7) is 0. The molecule has 3 nitrogen and oxygen atoms in total. The molecule has 0 unspecified atom stereocenters. The van der Waals surface area contributed by atoms with E-state index in [1.165, 1.54) is 69.2 Å². The number of hydrogen-bond donors (Lipinski definition) is 0. The summed E-state index contributed by atoms with van der Waals surface area (Å²) in [7, 11) is 0. The number of thiophene rings is 1. The van der Waals surface area contributed by atoms with Crippen molar-refractivity contribution in [1.29, 1.82) is 0 Å². The lowest BCUT2D eigenvalue weighted by atomic mass is 10.1. The fourth-order valence-electron chi connectivity index (χ4n) is 9.72. The zero-order chi connectivity index (χ0) is 39.3. The van der Waals surface area contributed by atoms with E-state index in [0.717, 1.165) is 44.2 Å². The maximum Gasteiger partial charge on any atom is 0.0562 e. The molecule has 0 saturated carbocycles. The smallest absolute Gasteiger partial charge is 0.0562 e. The van der Waals surface area contributed by atoms with Crippen LogP contribution in [0.25, 0.3) is 113 Å². The minimum atomic E-state index is 1.10. The second kappa shape index (κ2) is 12.9.